The third-order valence-corrected chi connectivity index (χ3v) is 2.94. The van der Waals surface area contributed by atoms with Gasteiger partial charge >= 0.3 is 12.0 Å². The van der Waals surface area contributed by atoms with E-state index in [9.17, 15) is 14.4 Å². The molecule has 0 fully saturated rings. The van der Waals surface area contributed by atoms with Crippen LogP contribution in [0.4, 0.5) is 4.79 Å². The van der Waals surface area contributed by atoms with Crippen LogP contribution in [0.5, 0.6) is 0 Å². The molecule has 106 valence electrons. The topological polar surface area (TPSA) is 95.5 Å². The normalized spacial score (nSPS) is 14.4. The zero-order valence-corrected chi connectivity index (χ0v) is 10.9. The number of allylic oxidation sites excluding steroid dienone is 1. The minimum absolute atomic E-state index is 0.187. The van der Waals surface area contributed by atoms with E-state index < -0.39 is 17.9 Å². The third-order valence-electron chi connectivity index (χ3n) is 2.94. The molecule has 0 aromatic rings. The van der Waals surface area contributed by atoms with E-state index in [0.717, 1.165) is 19.3 Å². The van der Waals surface area contributed by atoms with E-state index in [-0.39, 0.29) is 12.8 Å². The van der Waals surface area contributed by atoms with Crippen LogP contribution in [0, 0.1) is 0 Å². The molecule has 1 aliphatic rings. The SMILES string of the molecule is O=C(O)CCC(=O)NC(=O)NCCC1=CCCCC1. The Labute approximate surface area is 112 Å². The lowest BCUT2D eigenvalue weighted by atomic mass is 9.97. The summed E-state index contributed by atoms with van der Waals surface area (Å²) in [6.07, 6.45) is 7.18. The van der Waals surface area contributed by atoms with Crippen molar-refractivity contribution >= 4 is 17.9 Å². The van der Waals surface area contributed by atoms with Crippen LogP contribution in [0.25, 0.3) is 0 Å². The second-order valence-corrected chi connectivity index (χ2v) is 4.56. The molecule has 0 radical (unpaired) electrons. The van der Waals surface area contributed by atoms with E-state index in [1.54, 1.807) is 0 Å². The van der Waals surface area contributed by atoms with Gasteiger partial charge in [0.2, 0.25) is 5.91 Å². The number of hydrogen-bond acceptors (Lipinski definition) is 3. The molecule has 0 saturated heterocycles. The summed E-state index contributed by atoms with van der Waals surface area (Å²) in [4.78, 5) is 32.8. The molecule has 1 aliphatic carbocycles. The second kappa shape index (κ2) is 8.29. The molecule has 0 atom stereocenters. The molecular formula is C13H20N2O4. The Hall–Kier alpha value is -1.85. The molecule has 0 aliphatic heterocycles. The van der Waals surface area contributed by atoms with Crippen molar-refractivity contribution in [2.45, 2.75) is 44.9 Å². The minimum Gasteiger partial charge on any atom is -0.481 e. The highest BCUT2D eigenvalue weighted by molar-refractivity contribution is 5.95. The molecule has 0 unspecified atom stereocenters. The maximum absolute atomic E-state index is 11.3. The van der Waals surface area contributed by atoms with Crippen LogP contribution in [-0.4, -0.2) is 29.6 Å². The predicted molar refractivity (Wildman–Crippen MR) is 69.6 cm³/mol. The van der Waals surface area contributed by atoms with Crippen LogP contribution in [0.1, 0.15) is 44.9 Å². The molecule has 0 spiro atoms. The number of carbonyl (C=O) groups is 3. The minimum atomic E-state index is -1.06. The molecule has 0 aromatic heterocycles. The first-order valence-corrected chi connectivity index (χ1v) is 6.55. The van der Waals surface area contributed by atoms with Crippen LogP contribution in [0.2, 0.25) is 0 Å². The molecule has 19 heavy (non-hydrogen) atoms. The Balaban J connectivity index is 2.11. The lowest BCUT2D eigenvalue weighted by molar-refractivity contribution is -0.138. The van der Waals surface area contributed by atoms with Gasteiger partial charge in [-0.15, -0.1) is 0 Å². The summed E-state index contributed by atoms with van der Waals surface area (Å²) in [6.45, 7) is 0.490. The number of rotatable bonds is 6. The number of carboxylic acid groups (broad SMARTS) is 1. The van der Waals surface area contributed by atoms with Gasteiger partial charge in [0.25, 0.3) is 0 Å². The van der Waals surface area contributed by atoms with Gasteiger partial charge in [0, 0.05) is 13.0 Å². The zero-order valence-electron chi connectivity index (χ0n) is 10.9. The standard InChI is InChI=1S/C13H20N2O4/c16-11(6-7-12(17)18)15-13(19)14-9-8-10-4-2-1-3-5-10/h4H,1-3,5-9H2,(H,17,18)(H2,14,15,16,19). The monoisotopic (exact) mass is 268 g/mol. The average molecular weight is 268 g/mol. The van der Waals surface area contributed by atoms with E-state index in [0.29, 0.717) is 6.54 Å². The number of urea groups is 1. The van der Waals surface area contributed by atoms with Gasteiger partial charge in [-0.2, -0.15) is 0 Å². The molecular weight excluding hydrogens is 248 g/mol. The number of amides is 3. The van der Waals surface area contributed by atoms with Crippen molar-refractivity contribution in [1.82, 2.24) is 10.6 Å². The number of nitrogens with one attached hydrogen (secondary N) is 2. The Bertz CT molecular complexity index is 377. The van der Waals surface area contributed by atoms with Gasteiger partial charge in [-0.05, 0) is 32.1 Å². The maximum atomic E-state index is 11.3. The Morgan fingerprint density at radius 2 is 2.00 bits per heavy atom. The van der Waals surface area contributed by atoms with E-state index in [2.05, 4.69) is 16.7 Å². The van der Waals surface area contributed by atoms with Gasteiger partial charge in [0.15, 0.2) is 0 Å². The molecule has 0 saturated carbocycles. The summed E-state index contributed by atoms with van der Waals surface area (Å²) in [6, 6.07) is -0.563. The van der Waals surface area contributed by atoms with Gasteiger partial charge in [0.1, 0.15) is 0 Å². The highest BCUT2D eigenvalue weighted by Gasteiger charge is 2.09. The number of hydrogen-bond donors (Lipinski definition) is 3. The fourth-order valence-electron chi connectivity index (χ4n) is 1.92. The molecule has 0 heterocycles. The van der Waals surface area contributed by atoms with Crippen LogP contribution in [-0.2, 0) is 9.59 Å². The van der Waals surface area contributed by atoms with Crippen molar-refractivity contribution in [3.8, 4) is 0 Å². The first-order valence-electron chi connectivity index (χ1n) is 6.55. The summed E-state index contributed by atoms with van der Waals surface area (Å²) in [5.74, 6) is -1.63. The van der Waals surface area contributed by atoms with Crippen molar-refractivity contribution in [2.24, 2.45) is 0 Å². The van der Waals surface area contributed by atoms with E-state index in [1.165, 1.54) is 18.4 Å². The molecule has 0 bridgehead atoms. The zero-order chi connectivity index (χ0) is 14.1. The number of imide groups is 1. The lowest BCUT2D eigenvalue weighted by Crippen LogP contribution is -2.40. The highest BCUT2D eigenvalue weighted by atomic mass is 16.4. The lowest BCUT2D eigenvalue weighted by Gasteiger charge is -2.13. The molecule has 3 amide bonds. The van der Waals surface area contributed by atoms with Crippen molar-refractivity contribution < 1.29 is 19.5 Å². The molecule has 3 N–H and O–H groups in total. The van der Waals surface area contributed by atoms with Gasteiger partial charge in [-0.1, -0.05) is 11.6 Å². The third kappa shape index (κ3) is 7.23. The highest BCUT2D eigenvalue weighted by Crippen LogP contribution is 2.19. The van der Waals surface area contributed by atoms with Crippen molar-refractivity contribution in [3.63, 3.8) is 0 Å². The smallest absolute Gasteiger partial charge is 0.321 e. The fourth-order valence-corrected chi connectivity index (χ4v) is 1.92. The number of carbonyl (C=O) groups excluding carboxylic acids is 2. The van der Waals surface area contributed by atoms with Gasteiger partial charge < -0.3 is 10.4 Å². The van der Waals surface area contributed by atoms with Crippen LogP contribution >= 0.6 is 0 Å². The summed E-state index contributed by atoms with van der Waals surface area (Å²) >= 11 is 0. The summed E-state index contributed by atoms with van der Waals surface area (Å²) in [5.41, 5.74) is 1.35. The Morgan fingerprint density at radius 3 is 2.63 bits per heavy atom. The largest absolute Gasteiger partial charge is 0.481 e. The van der Waals surface area contributed by atoms with Crippen LogP contribution < -0.4 is 10.6 Å². The van der Waals surface area contributed by atoms with E-state index in [4.69, 9.17) is 5.11 Å². The molecule has 1 rings (SSSR count). The van der Waals surface area contributed by atoms with Gasteiger partial charge in [-0.25, -0.2) is 4.79 Å². The number of aliphatic carboxylic acids is 1. The van der Waals surface area contributed by atoms with Crippen LogP contribution in [0.15, 0.2) is 11.6 Å². The molecule has 6 heteroatoms. The van der Waals surface area contributed by atoms with Crippen LogP contribution in [0.3, 0.4) is 0 Å². The van der Waals surface area contributed by atoms with Crippen molar-refractivity contribution in [1.29, 1.82) is 0 Å². The predicted octanol–water partition coefficient (Wildman–Crippen LogP) is 1.57. The molecule has 6 nitrogen and oxygen atoms in total. The quantitative estimate of drug-likeness (QED) is 0.637. The fraction of sp³-hybridized carbons (Fsp3) is 0.615. The second-order valence-electron chi connectivity index (χ2n) is 4.56. The summed E-state index contributed by atoms with van der Waals surface area (Å²) in [5, 5.41) is 13.1. The summed E-state index contributed by atoms with van der Waals surface area (Å²) in [7, 11) is 0. The van der Waals surface area contributed by atoms with E-state index >= 15 is 0 Å². The Kier molecular flexibility index (Phi) is 6.63. The molecule has 0 aromatic carbocycles. The first-order chi connectivity index (χ1) is 9.08. The maximum Gasteiger partial charge on any atom is 0.321 e. The average Bonchev–Trinajstić information content (AvgIpc) is 2.37. The van der Waals surface area contributed by atoms with E-state index in [1.807, 2.05) is 0 Å². The van der Waals surface area contributed by atoms with Gasteiger partial charge in [0.05, 0.1) is 6.42 Å². The first kappa shape index (κ1) is 15.2. The van der Waals surface area contributed by atoms with Crippen molar-refractivity contribution in [3.05, 3.63) is 11.6 Å². The summed E-state index contributed by atoms with van der Waals surface area (Å²) < 4.78 is 0. The Morgan fingerprint density at radius 1 is 1.21 bits per heavy atom. The van der Waals surface area contributed by atoms with Crippen molar-refractivity contribution in [2.75, 3.05) is 6.54 Å². The van der Waals surface area contributed by atoms with Gasteiger partial charge in [-0.3, -0.25) is 14.9 Å². The number of carboxylic acids is 1.